The van der Waals surface area contributed by atoms with Crippen LogP contribution in [0.3, 0.4) is 0 Å². The fourth-order valence-electron chi connectivity index (χ4n) is 4.26. The van der Waals surface area contributed by atoms with Crippen LogP contribution < -0.4 is 10.6 Å². The number of amides is 3. The second-order valence-electron chi connectivity index (χ2n) is 9.98. The minimum Gasteiger partial charge on any atom is -0.343 e. The number of carbonyl (C=O) groups excluding carboxylic acids is 3. The van der Waals surface area contributed by atoms with Crippen LogP contribution in [0.25, 0.3) is 0 Å². The molecule has 0 saturated carbocycles. The zero-order chi connectivity index (χ0) is 26.0. The molecule has 0 aliphatic carbocycles. The quantitative estimate of drug-likeness (QED) is 0.579. The maximum Gasteiger partial charge on any atom is 0.249 e. The van der Waals surface area contributed by atoms with E-state index >= 15 is 0 Å². The number of piperidine rings is 1. The van der Waals surface area contributed by atoms with Crippen molar-refractivity contribution < 1.29 is 14.4 Å². The van der Waals surface area contributed by atoms with Crippen LogP contribution in [0.1, 0.15) is 71.4 Å². The van der Waals surface area contributed by atoms with Crippen molar-refractivity contribution in [3.05, 3.63) is 47.0 Å². The highest BCUT2D eigenvalue weighted by Gasteiger charge is 2.30. The van der Waals surface area contributed by atoms with E-state index in [1.807, 2.05) is 30.9 Å². The van der Waals surface area contributed by atoms with Gasteiger partial charge in [0.25, 0.3) is 0 Å². The van der Waals surface area contributed by atoms with Gasteiger partial charge in [0.15, 0.2) is 0 Å². The summed E-state index contributed by atoms with van der Waals surface area (Å²) in [5, 5.41) is 6.17. The number of hydrogen-bond acceptors (Lipinski definition) is 4. The van der Waals surface area contributed by atoms with Crippen molar-refractivity contribution in [1.29, 1.82) is 0 Å². The summed E-state index contributed by atoms with van der Waals surface area (Å²) in [6.45, 7) is 12.3. The van der Waals surface area contributed by atoms with Gasteiger partial charge >= 0.3 is 0 Å². The first-order valence-electron chi connectivity index (χ1n) is 13.0. The number of hydrogen-bond donors (Lipinski definition) is 2. The van der Waals surface area contributed by atoms with Crippen molar-refractivity contribution in [3.63, 3.8) is 0 Å². The SMILES string of the molecule is C/C(=C\CN(C)C(=O)C(NC(=O)C1CCCCN1)C(C)C)C(=O)N1Cc2ccccc2C1.CCC. The van der Waals surface area contributed by atoms with Crippen molar-refractivity contribution in [1.82, 2.24) is 20.4 Å². The summed E-state index contributed by atoms with van der Waals surface area (Å²) in [5.74, 6) is -0.304. The smallest absolute Gasteiger partial charge is 0.249 e. The van der Waals surface area contributed by atoms with Crippen LogP contribution in [0.5, 0.6) is 0 Å². The normalized spacial score (nSPS) is 18.3. The molecule has 2 unspecified atom stereocenters. The van der Waals surface area contributed by atoms with Crippen LogP contribution in [0, 0.1) is 5.92 Å². The van der Waals surface area contributed by atoms with Crippen molar-refractivity contribution in [2.75, 3.05) is 20.1 Å². The Morgan fingerprint density at radius 3 is 2.26 bits per heavy atom. The molecule has 0 spiro atoms. The molecule has 2 N–H and O–H groups in total. The van der Waals surface area contributed by atoms with E-state index in [4.69, 9.17) is 0 Å². The third-order valence-corrected chi connectivity index (χ3v) is 6.37. The van der Waals surface area contributed by atoms with E-state index in [0.29, 0.717) is 25.2 Å². The first-order valence-corrected chi connectivity index (χ1v) is 13.0. The molecule has 0 bridgehead atoms. The zero-order valence-corrected chi connectivity index (χ0v) is 22.4. The Morgan fingerprint density at radius 1 is 1.14 bits per heavy atom. The molecular formula is C28H44N4O3. The van der Waals surface area contributed by atoms with E-state index in [0.717, 1.165) is 25.8 Å². The lowest BCUT2D eigenvalue weighted by molar-refractivity contribution is -0.137. The van der Waals surface area contributed by atoms with Gasteiger partial charge in [-0.25, -0.2) is 0 Å². The summed E-state index contributed by atoms with van der Waals surface area (Å²) in [5.41, 5.74) is 2.99. The molecule has 0 radical (unpaired) electrons. The number of nitrogens with zero attached hydrogens (tertiary/aromatic N) is 2. The van der Waals surface area contributed by atoms with Gasteiger partial charge in [0.1, 0.15) is 6.04 Å². The van der Waals surface area contributed by atoms with Gasteiger partial charge in [0.05, 0.1) is 6.04 Å². The van der Waals surface area contributed by atoms with Crippen LogP contribution >= 0.6 is 0 Å². The summed E-state index contributed by atoms with van der Waals surface area (Å²) in [4.78, 5) is 41.9. The summed E-state index contributed by atoms with van der Waals surface area (Å²) in [6, 6.07) is 7.27. The van der Waals surface area contributed by atoms with Gasteiger partial charge in [-0.15, -0.1) is 0 Å². The molecule has 3 rings (SSSR count). The lowest BCUT2D eigenvalue weighted by atomic mass is 10.00. The first-order chi connectivity index (χ1) is 16.7. The van der Waals surface area contributed by atoms with Crippen LogP contribution in [-0.4, -0.2) is 59.7 Å². The number of fused-ring (bicyclic) bond motifs is 1. The second-order valence-corrected chi connectivity index (χ2v) is 9.98. The molecule has 1 saturated heterocycles. The van der Waals surface area contributed by atoms with Crippen molar-refractivity contribution in [2.45, 2.75) is 85.5 Å². The first kappa shape index (κ1) is 28.6. The lowest BCUT2D eigenvalue weighted by Gasteiger charge is -2.29. The van der Waals surface area contributed by atoms with E-state index in [1.54, 1.807) is 24.9 Å². The Kier molecular flexibility index (Phi) is 11.4. The van der Waals surface area contributed by atoms with Crippen LogP contribution in [0.2, 0.25) is 0 Å². The molecule has 3 amide bonds. The third-order valence-electron chi connectivity index (χ3n) is 6.37. The highest BCUT2D eigenvalue weighted by atomic mass is 16.2. The Hall–Kier alpha value is -2.67. The average molecular weight is 485 g/mol. The molecule has 1 aromatic carbocycles. The average Bonchev–Trinajstić information content (AvgIpc) is 3.29. The molecule has 0 aromatic heterocycles. The summed E-state index contributed by atoms with van der Waals surface area (Å²) >= 11 is 0. The van der Waals surface area contributed by atoms with Gasteiger partial charge < -0.3 is 20.4 Å². The predicted molar refractivity (Wildman–Crippen MR) is 140 cm³/mol. The molecule has 2 heterocycles. The Labute approximate surface area is 211 Å². The number of benzene rings is 1. The summed E-state index contributed by atoms with van der Waals surface area (Å²) in [7, 11) is 1.71. The maximum atomic E-state index is 13.1. The molecule has 7 nitrogen and oxygen atoms in total. The van der Waals surface area contributed by atoms with Crippen molar-refractivity contribution in [3.8, 4) is 0 Å². The molecule has 35 heavy (non-hydrogen) atoms. The topological polar surface area (TPSA) is 81.8 Å². The largest absolute Gasteiger partial charge is 0.343 e. The van der Waals surface area contributed by atoms with Crippen LogP contribution in [0.4, 0.5) is 0 Å². The second kappa shape index (κ2) is 14.0. The minimum atomic E-state index is -0.589. The summed E-state index contributed by atoms with van der Waals surface area (Å²) in [6.07, 6.45) is 5.94. The van der Waals surface area contributed by atoms with Gasteiger partial charge in [0, 0.05) is 32.3 Å². The predicted octanol–water partition coefficient (Wildman–Crippen LogP) is 3.63. The molecule has 1 aromatic rings. The fraction of sp³-hybridized carbons (Fsp3) is 0.607. The zero-order valence-electron chi connectivity index (χ0n) is 22.4. The number of rotatable bonds is 7. The number of likely N-dealkylation sites (N-methyl/N-ethyl adjacent to an activating group) is 1. The standard InChI is InChI=1S/C25H36N4O3.C3H8/c1-17(2)22(27-23(30)21-11-7-8-13-26-21)25(32)28(4)14-12-18(3)24(31)29-15-19-9-5-6-10-20(19)16-29;1-3-2/h5-6,9-10,12,17,21-22,26H,7-8,11,13-16H2,1-4H3,(H,27,30);3H2,1-2H3/b18-12+;. The number of nitrogens with one attached hydrogen (secondary N) is 2. The van der Waals surface area contributed by atoms with Gasteiger partial charge in [-0.3, -0.25) is 14.4 Å². The van der Waals surface area contributed by atoms with Crippen LogP contribution in [-0.2, 0) is 27.5 Å². The number of carbonyl (C=O) groups is 3. The molecule has 1 fully saturated rings. The molecule has 194 valence electrons. The van der Waals surface area contributed by atoms with E-state index in [2.05, 4.69) is 36.6 Å². The van der Waals surface area contributed by atoms with Crippen molar-refractivity contribution >= 4 is 17.7 Å². The highest BCUT2D eigenvalue weighted by Crippen LogP contribution is 2.23. The van der Waals surface area contributed by atoms with Gasteiger partial charge in [-0.05, 0) is 43.4 Å². The van der Waals surface area contributed by atoms with E-state index < -0.39 is 6.04 Å². The summed E-state index contributed by atoms with van der Waals surface area (Å²) < 4.78 is 0. The monoisotopic (exact) mass is 484 g/mol. The molecular weight excluding hydrogens is 440 g/mol. The van der Waals surface area contributed by atoms with E-state index in [9.17, 15) is 14.4 Å². The Bertz CT molecular complexity index is 865. The van der Waals surface area contributed by atoms with E-state index in [-0.39, 0.29) is 29.7 Å². The third kappa shape index (κ3) is 8.20. The highest BCUT2D eigenvalue weighted by molar-refractivity contribution is 5.93. The Balaban J connectivity index is 0.00000137. The fourth-order valence-corrected chi connectivity index (χ4v) is 4.26. The molecule has 2 aliphatic rings. The Morgan fingerprint density at radius 2 is 1.74 bits per heavy atom. The van der Waals surface area contributed by atoms with Crippen molar-refractivity contribution in [2.24, 2.45) is 5.92 Å². The van der Waals surface area contributed by atoms with Crippen LogP contribution in [0.15, 0.2) is 35.9 Å². The molecule has 2 atom stereocenters. The minimum absolute atomic E-state index is 0.0147. The van der Waals surface area contributed by atoms with Gasteiger partial charge in [-0.2, -0.15) is 0 Å². The molecule has 2 aliphatic heterocycles. The van der Waals surface area contributed by atoms with Gasteiger partial charge in [0.2, 0.25) is 17.7 Å². The van der Waals surface area contributed by atoms with E-state index in [1.165, 1.54) is 17.5 Å². The lowest BCUT2D eigenvalue weighted by Crippen LogP contribution is -2.55. The molecule has 7 heteroatoms. The van der Waals surface area contributed by atoms with Gasteiger partial charge in [-0.1, -0.05) is 70.9 Å². The maximum absolute atomic E-state index is 13.1.